The topological polar surface area (TPSA) is 101 Å². The van der Waals surface area contributed by atoms with Gasteiger partial charge in [-0.3, -0.25) is 14.0 Å². The first-order valence-corrected chi connectivity index (χ1v) is 11.0. The van der Waals surface area contributed by atoms with Crippen molar-refractivity contribution in [1.82, 2.24) is 24.6 Å². The molecule has 2 aromatic heterocycles. The lowest BCUT2D eigenvalue weighted by molar-refractivity contribution is 0.0935. The highest BCUT2D eigenvalue weighted by molar-refractivity contribution is 5.54. The van der Waals surface area contributed by atoms with E-state index < -0.39 is 11.9 Å². The number of aromatic nitrogens is 4. The second kappa shape index (κ2) is 9.62. The molecule has 1 saturated heterocycles. The fraction of sp³-hybridized carbons (Fsp3) is 0.478. The normalized spacial score (nSPS) is 16.0. The number of β-amino-alcohol motifs (C(OH)–C–C–N with tert-alkyl or cyclic N) is 1. The average molecular weight is 439 g/mol. The van der Waals surface area contributed by atoms with Crippen LogP contribution < -0.4 is 10.7 Å². The van der Waals surface area contributed by atoms with Gasteiger partial charge in [0.05, 0.1) is 12.6 Å². The maximum atomic E-state index is 12.1. The minimum atomic E-state index is -0.713. The van der Waals surface area contributed by atoms with Crippen LogP contribution in [0.15, 0.2) is 45.7 Å². The van der Waals surface area contributed by atoms with Gasteiger partial charge >= 0.3 is 5.76 Å². The number of hydrogen-bond acceptors (Lipinski definition) is 8. The Kier molecular flexibility index (Phi) is 6.66. The van der Waals surface area contributed by atoms with Crippen LogP contribution in [0, 0.1) is 6.92 Å². The number of nitrogens with zero attached hydrogens (tertiary/aromatic N) is 6. The third-order valence-electron chi connectivity index (χ3n) is 5.65. The molecule has 0 radical (unpaired) electrons. The number of aliphatic hydroxyl groups is 1. The zero-order valence-electron chi connectivity index (χ0n) is 18.8. The second-order valence-electron chi connectivity index (χ2n) is 8.57. The Morgan fingerprint density at radius 3 is 2.47 bits per heavy atom. The molecule has 3 aromatic rings. The maximum absolute atomic E-state index is 12.1. The number of anilines is 1. The van der Waals surface area contributed by atoms with Crippen molar-refractivity contribution >= 4 is 5.82 Å². The molecule has 1 aromatic carbocycles. The van der Waals surface area contributed by atoms with Crippen molar-refractivity contribution in [2.75, 3.05) is 37.6 Å². The van der Waals surface area contributed by atoms with Crippen LogP contribution in [-0.2, 0) is 6.54 Å². The molecule has 1 fully saturated rings. The Balaban J connectivity index is 1.36. The summed E-state index contributed by atoms with van der Waals surface area (Å²) in [5.74, 6) is 1.98. The molecule has 9 nitrogen and oxygen atoms in total. The Morgan fingerprint density at radius 2 is 1.78 bits per heavy atom. The molecule has 3 heterocycles. The summed E-state index contributed by atoms with van der Waals surface area (Å²) in [4.78, 5) is 25.9. The summed E-state index contributed by atoms with van der Waals surface area (Å²) in [6.07, 6.45) is -0.713. The molecule has 32 heavy (non-hydrogen) atoms. The monoisotopic (exact) mass is 438 g/mol. The molecule has 1 aliphatic heterocycles. The van der Waals surface area contributed by atoms with Gasteiger partial charge in [0.1, 0.15) is 11.6 Å². The van der Waals surface area contributed by atoms with Gasteiger partial charge in [-0.15, -0.1) is 0 Å². The Morgan fingerprint density at radius 1 is 1.06 bits per heavy atom. The largest absolute Gasteiger partial charge is 0.441 e. The second-order valence-corrected chi connectivity index (χ2v) is 8.57. The molecule has 1 unspecified atom stereocenters. The highest BCUT2D eigenvalue weighted by Gasteiger charge is 2.23. The van der Waals surface area contributed by atoms with Gasteiger partial charge in [0.15, 0.2) is 5.82 Å². The fourth-order valence-corrected chi connectivity index (χ4v) is 3.94. The van der Waals surface area contributed by atoms with E-state index in [1.807, 2.05) is 43.3 Å². The third kappa shape index (κ3) is 5.05. The Labute approximate surface area is 187 Å². The first-order valence-electron chi connectivity index (χ1n) is 11.0. The summed E-state index contributed by atoms with van der Waals surface area (Å²) in [7, 11) is 0. The lowest BCUT2D eigenvalue weighted by atomic mass is 10.2. The van der Waals surface area contributed by atoms with Gasteiger partial charge in [-0.25, -0.2) is 14.8 Å². The van der Waals surface area contributed by atoms with Gasteiger partial charge in [-0.05, 0) is 6.92 Å². The zero-order chi connectivity index (χ0) is 22.7. The summed E-state index contributed by atoms with van der Waals surface area (Å²) in [5, 5.41) is 14.6. The van der Waals surface area contributed by atoms with Crippen molar-refractivity contribution in [3.63, 3.8) is 0 Å². The smallest absolute Gasteiger partial charge is 0.390 e. The molecule has 1 atom stereocenters. The van der Waals surface area contributed by atoms with E-state index in [1.54, 1.807) is 0 Å². The van der Waals surface area contributed by atoms with Crippen LogP contribution in [0.5, 0.6) is 0 Å². The summed E-state index contributed by atoms with van der Waals surface area (Å²) >= 11 is 0. The molecule has 0 saturated carbocycles. The molecular formula is C23H30N6O3. The standard InChI is InChI=1S/C23H30N6O3/c1-16(2)21-24-17(3)13-20(25-21)28-11-9-27(10-12-28)14-19(30)15-29-22(26-32-23(29)31)18-7-5-4-6-8-18/h4-8,13,16,19,30H,9-12,14-15H2,1-3H3. The van der Waals surface area contributed by atoms with Gasteiger partial charge in [0, 0.05) is 56.0 Å². The van der Waals surface area contributed by atoms with Crippen molar-refractivity contribution in [2.24, 2.45) is 0 Å². The van der Waals surface area contributed by atoms with Crippen LogP contribution in [0.4, 0.5) is 5.82 Å². The molecule has 0 aliphatic carbocycles. The third-order valence-corrected chi connectivity index (χ3v) is 5.65. The van der Waals surface area contributed by atoms with E-state index in [0.717, 1.165) is 49.1 Å². The van der Waals surface area contributed by atoms with E-state index in [4.69, 9.17) is 9.51 Å². The maximum Gasteiger partial charge on any atom is 0.441 e. The van der Waals surface area contributed by atoms with E-state index in [2.05, 4.69) is 33.8 Å². The van der Waals surface area contributed by atoms with Gasteiger partial charge in [-0.2, -0.15) is 0 Å². The number of aryl methyl sites for hydroxylation is 1. The molecule has 1 N–H and O–H groups in total. The van der Waals surface area contributed by atoms with Crippen LogP contribution in [-0.4, -0.2) is 68.5 Å². The van der Waals surface area contributed by atoms with Crippen molar-refractivity contribution in [2.45, 2.75) is 39.3 Å². The van der Waals surface area contributed by atoms with Crippen molar-refractivity contribution in [3.05, 3.63) is 58.5 Å². The molecular weight excluding hydrogens is 408 g/mol. The van der Waals surface area contributed by atoms with Gasteiger partial charge in [0.2, 0.25) is 0 Å². The first kappa shape index (κ1) is 22.2. The van der Waals surface area contributed by atoms with E-state index >= 15 is 0 Å². The lowest BCUT2D eigenvalue weighted by Gasteiger charge is -2.36. The SMILES string of the molecule is Cc1cc(N2CCN(CC(O)Cn3c(-c4ccccc4)noc3=O)CC2)nc(C(C)C)n1. The van der Waals surface area contributed by atoms with Crippen LogP contribution in [0.2, 0.25) is 0 Å². The Hall–Kier alpha value is -3.04. The van der Waals surface area contributed by atoms with Crippen LogP contribution in [0.3, 0.4) is 0 Å². The average Bonchev–Trinajstić information content (AvgIpc) is 3.14. The van der Waals surface area contributed by atoms with Crippen LogP contribution >= 0.6 is 0 Å². The van der Waals surface area contributed by atoms with E-state index in [0.29, 0.717) is 12.4 Å². The molecule has 1 aliphatic rings. The number of piperazine rings is 1. The fourth-order valence-electron chi connectivity index (χ4n) is 3.94. The van der Waals surface area contributed by atoms with Gasteiger partial charge in [0.25, 0.3) is 0 Å². The molecule has 0 amide bonds. The van der Waals surface area contributed by atoms with Crippen LogP contribution in [0.1, 0.15) is 31.3 Å². The Bertz CT molecular complexity index is 1090. The highest BCUT2D eigenvalue weighted by Crippen LogP contribution is 2.19. The predicted molar refractivity (Wildman–Crippen MR) is 122 cm³/mol. The van der Waals surface area contributed by atoms with Gasteiger partial charge in [-0.1, -0.05) is 49.3 Å². The first-order chi connectivity index (χ1) is 15.4. The summed E-state index contributed by atoms with van der Waals surface area (Å²) in [6, 6.07) is 11.4. The quantitative estimate of drug-likeness (QED) is 0.597. The molecule has 170 valence electrons. The molecule has 4 rings (SSSR count). The lowest BCUT2D eigenvalue weighted by Crippen LogP contribution is -2.49. The predicted octanol–water partition coefficient (Wildman–Crippen LogP) is 1.91. The minimum Gasteiger partial charge on any atom is -0.390 e. The number of benzene rings is 1. The summed E-state index contributed by atoms with van der Waals surface area (Å²) < 4.78 is 6.25. The van der Waals surface area contributed by atoms with Crippen molar-refractivity contribution in [1.29, 1.82) is 0 Å². The van der Waals surface area contributed by atoms with Crippen molar-refractivity contribution < 1.29 is 9.63 Å². The van der Waals surface area contributed by atoms with Crippen LogP contribution in [0.25, 0.3) is 11.4 Å². The minimum absolute atomic E-state index is 0.135. The molecule has 0 spiro atoms. The summed E-state index contributed by atoms with van der Waals surface area (Å²) in [6.45, 7) is 10.1. The zero-order valence-corrected chi connectivity index (χ0v) is 18.8. The molecule has 9 heteroatoms. The number of hydrogen-bond donors (Lipinski definition) is 1. The van der Waals surface area contributed by atoms with E-state index in [9.17, 15) is 9.90 Å². The number of aliphatic hydroxyl groups excluding tert-OH is 1. The summed E-state index contributed by atoms with van der Waals surface area (Å²) in [5.41, 5.74) is 1.75. The van der Waals surface area contributed by atoms with Crippen molar-refractivity contribution in [3.8, 4) is 11.4 Å². The van der Waals surface area contributed by atoms with E-state index in [-0.39, 0.29) is 12.5 Å². The van der Waals surface area contributed by atoms with Gasteiger partial charge < -0.3 is 10.0 Å². The molecule has 0 bridgehead atoms. The van der Waals surface area contributed by atoms with E-state index in [1.165, 1.54) is 4.57 Å². The number of rotatable bonds is 7. The highest BCUT2D eigenvalue weighted by atomic mass is 16.5.